The third-order valence-electron chi connectivity index (χ3n) is 4.22. The van der Waals surface area contributed by atoms with Crippen molar-refractivity contribution in [1.82, 2.24) is 5.32 Å². The minimum absolute atomic E-state index is 0. The Hall–Kier alpha value is -0.930. The van der Waals surface area contributed by atoms with Crippen LogP contribution in [-0.2, 0) is 6.54 Å². The normalized spacial score (nSPS) is 21.0. The van der Waals surface area contributed by atoms with E-state index in [0.29, 0.717) is 19.3 Å². The van der Waals surface area contributed by atoms with E-state index in [1.54, 1.807) is 0 Å². The Kier molecular flexibility index (Phi) is 8.66. The Morgan fingerprint density at radius 2 is 1.64 bits per heavy atom. The molecule has 0 saturated heterocycles. The van der Waals surface area contributed by atoms with Crippen molar-refractivity contribution in [2.75, 3.05) is 13.2 Å². The molecule has 1 aromatic carbocycles. The van der Waals surface area contributed by atoms with Crippen LogP contribution < -0.4 is 14.8 Å². The summed E-state index contributed by atoms with van der Waals surface area (Å²) in [6.45, 7) is 8.59. The third kappa shape index (κ3) is 5.69. The average molecular weight is 328 g/mol. The second kappa shape index (κ2) is 9.96. The van der Waals surface area contributed by atoms with Gasteiger partial charge in [-0.15, -0.1) is 12.4 Å². The summed E-state index contributed by atoms with van der Waals surface area (Å²) in [5.41, 5.74) is 1.26. The molecule has 1 aromatic rings. The molecular formula is C18H30ClNO2. The van der Waals surface area contributed by atoms with Crippen molar-refractivity contribution in [3.63, 3.8) is 0 Å². The highest BCUT2D eigenvalue weighted by Crippen LogP contribution is 2.29. The number of hydrogen-bond donors (Lipinski definition) is 1. The van der Waals surface area contributed by atoms with E-state index in [4.69, 9.17) is 9.47 Å². The highest BCUT2D eigenvalue weighted by molar-refractivity contribution is 5.85. The molecule has 1 aliphatic carbocycles. The first-order valence-electron chi connectivity index (χ1n) is 8.34. The van der Waals surface area contributed by atoms with Gasteiger partial charge in [0.05, 0.1) is 13.2 Å². The zero-order valence-electron chi connectivity index (χ0n) is 14.1. The van der Waals surface area contributed by atoms with Gasteiger partial charge in [-0.3, -0.25) is 0 Å². The standard InChI is InChI=1S/C18H29NO2.ClH/c1-4-20-17-11-8-15(12-18(17)21-5-2)13-19-16-9-6-14(3)7-10-16;/h8,11-12,14,16,19H,4-7,9-10,13H2,1-3H3;1H. The maximum Gasteiger partial charge on any atom is 0.161 e. The van der Waals surface area contributed by atoms with Crippen molar-refractivity contribution >= 4 is 12.4 Å². The first kappa shape index (κ1) is 19.1. The first-order valence-corrected chi connectivity index (χ1v) is 8.34. The van der Waals surface area contributed by atoms with Crippen molar-refractivity contribution in [1.29, 1.82) is 0 Å². The van der Waals surface area contributed by atoms with Crippen molar-refractivity contribution in [3.8, 4) is 11.5 Å². The number of ether oxygens (including phenoxy) is 2. The van der Waals surface area contributed by atoms with Gasteiger partial charge in [0, 0.05) is 12.6 Å². The number of halogens is 1. The molecule has 1 aliphatic rings. The van der Waals surface area contributed by atoms with Crippen LogP contribution in [0.1, 0.15) is 52.0 Å². The maximum atomic E-state index is 5.68. The van der Waals surface area contributed by atoms with E-state index in [9.17, 15) is 0 Å². The lowest BCUT2D eigenvalue weighted by Gasteiger charge is -2.27. The minimum Gasteiger partial charge on any atom is -0.490 e. The molecule has 0 aliphatic heterocycles. The Bertz CT molecular complexity index is 431. The SMILES string of the molecule is CCOc1ccc(CNC2CCC(C)CC2)cc1OCC.Cl. The monoisotopic (exact) mass is 327 g/mol. The van der Waals surface area contributed by atoms with Crippen molar-refractivity contribution in [2.24, 2.45) is 5.92 Å². The molecule has 0 amide bonds. The zero-order chi connectivity index (χ0) is 15.1. The van der Waals surface area contributed by atoms with Crippen LogP contribution in [0.5, 0.6) is 11.5 Å². The summed E-state index contributed by atoms with van der Waals surface area (Å²) >= 11 is 0. The van der Waals surface area contributed by atoms with E-state index in [1.807, 2.05) is 19.9 Å². The predicted octanol–water partition coefficient (Wildman–Crippen LogP) is 4.57. The Labute approximate surface area is 141 Å². The molecule has 2 rings (SSSR count). The molecule has 0 bridgehead atoms. The number of benzene rings is 1. The molecular weight excluding hydrogens is 298 g/mol. The van der Waals surface area contributed by atoms with Crippen molar-refractivity contribution in [2.45, 2.75) is 59.0 Å². The molecule has 1 N–H and O–H groups in total. The molecule has 0 radical (unpaired) electrons. The summed E-state index contributed by atoms with van der Waals surface area (Å²) in [5.74, 6) is 2.60. The van der Waals surface area contributed by atoms with Crippen LogP contribution in [0.3, 0.4) is 0 Å². The summed E-state index contributed by atoms with van der Waals surface area (Å²) in [6.07, 6.45) is 5.31. The molecule has 0 spiro atoms. The van der Waals surface area contributed by atoms with E-state index in [-0.39, 0.29) is 12.4 Å². The minimum atomic E-state index is 0. The second-order valence-electron chi connectivity index (χ2n) is 5.98. The summed E-state index contributed by atoms with van der Waals surface area (Å²) in [5, 5.41) is 3.68. The summed E-state index contributed by atoms with van der Waals surface area (Å²) in [6, 6.07) is 6.93. The fourth-order valence-corrected chi connectivity index (χ4v) is 2.93. The summed E-state index contributed by atoms with van der Waals surface area (Å²) < 4.78 is 11.3. The van der Waals surface area contributed by atoms with E-state index >= 15 is 0 Å². The van der Waals surface area contributed by atoms with Crippen LogP contribution >= 0.6 is 12.4 Å². The highest BCUT2D eigenvalue weighted by atomic mass is 35.5. The van der Waals surface area contributed by atoms with Crippen LogP contribution in [0.15, 0.2) is 18.2 Å². The summed E-state index contributed by atoms with van der Waals surface area (Å²) in [4.78, 5) is 0. The molecule has 0 unspecified atom stereocenters. The number of hydrogen-bond acceptors (Lipinski definition) is 3. The lowest BCUT2D eigenvalue weighted by Crippen LogP contribution is -2.32. The molecule has 0 atom stereocenters. The van der Waals surface area contributed by atoms with Crippen LogP contribution in [0.4, 0.5) is 0 Å². The van der Waals surface area contributed by atoms with Crippen LogP contribution in [0, 0.1) is 5.92 Å². The van der Waals surface area contributed by atoms with Gasteiger partial charge in [-0.05, 0) is 63.1 Å². The second-order valence-corrected chi connectivity index (χ2v) is 5.98. The van der Waals surface area contributed by atoms with Gasteiger partial charge >= 0.3 is 0 Å². The molecule has 4 heteroatoms. The van der Waals surface area contributed by atoms with Gasteiger partial charge in [0.15, 0.2) is 11.5 Å². The van der Waals surface area contributed by atoms with Gasteiger partial charge in [0.1, 0.15) is 0 Å². The maximum absolute atomic E-state index is 5.68. The van der Waals surface area contributed by atoms with Crippen LogP contribution in [0.25, 0.3) is 0 Å². The van der Waals surface area contributed by atoms with E-state index < -0.39 is 0 Å². The molecule has 0 aromatic heterocycles. The zero-order valence-corrected chi connectivity index (χ0v) is 14.9. The van der Waals surface area contributed by atoms with Gasteiger partial charge in [-0.2, -0.15) is 0 Å². The predicted molar refractivity (Wildman–Crippen MR) is 94.3 cm³/mol. The molecule has 3 nitrogen and oxygen atoms in total. The quantitative estimate of drug-likeness (QED) is 0.795. The first-order chi connectivity index (χ1) is 10.2. The fourth-order valence-electron chi connectivity index (χ4n) is 2.93. The molecule has 126 valence electrons. The van der Waals surface area contributed by atoms with Crippen LogP contribution in [-0.4, -0.2) is 19.3 Å². The Morgan fingerprint density at radius 1 is 1.00 bits per heavy atom. The Morgan fingerprint density at radius 3 is 2.27 bits per heavy atom. The average Bonchev–Trinajstić information content (AvgIpc) is 2.49. The van der Waals surface area contributed by atoms with Crippen molar-refractivity contribution in [3.05, 3.63) is 23.8 Å². The largest absolute Gasteiger partial charge is 0.490 e. The van der Waals surface area contributed by atoms with Crippen molar-refractivity contribution < 1.29 is 9.47 Å². The van der Waals surface area contributed by atoms with Gasteiger partial charge in [-0.25, -0.2) is 0 Å². The lowest BCUT2D eigenvalue weighted by molar-refractivity contribution is 0.286. The topological polar surface area (TPSA) is 30.5 Å². The van der Waals surface area contributed by atoms with E-state index in [0.717, 1.165) is 24.0 Å². The van der Waals surface area contributed by atoms with Gasteiger partial charge in [0.25, 0.3) is 0 Å². The fraction of sp³-hybridized carbons (Fsp3) is 0.667. The molecule has 22 heavy (non-hydrogen) atoms. The third-order valence-corrected chi connectivity index (χ3v) is 4.22. The Balaban J connectivity index is 0.00000242. The molecule has 1 fully saturated rings. The van der Waals surface area contributed by atoms with E-state index in [2.05, 4.69) is 24.4 Å². The van der Waals surface area contributed by atoms with Gasteiger partial charge < -0.3 is 14.8 Å². The van der Waals surface area contributed by atoms with E-state index in [1.165, 1.54) is 31.2 Å². The van der Waals surface area contributed by atoms with Gasteiger partial charge in [-0.1, -0.05) is 13.0 Å². The smallest absolute Gasteiger partial charge is 0.161 e. The van der Waals surface area contributed by atoms with Gasteiger partial charge in [0.2, 0.25) is 0 Å². The number of nitrogens with one attached hydrogen (secondary N) is 1. The van der Waals surface area contributed by atoms with Crippen LogP contribution in [0.2, 0.25) is 0 Å². The molecule has 1 saturated carbocycles. The highest BCUT2D eigenvalue weighted by Gasteiger charge is 2.17. The number of rotatable bonds is 7. The molecule has 0 heterocycles. The summed E-state index contributed by atoms with van der Waals surface area (Å²) in [7, 11) is 0. The lowest BCUT2D eigenvalue weighted by atomic mass is 9.87.